The van der Waals surface area contributed by atoms with Crippen molar-refractivity contribution in [3.63, 3.8) is 0 Å². The standard InChI is InChI=1S/C35H36FN7O3/c1-21-6-4-7-30(40-21)46-28-12-9-22(16-29(28)45-3)32-27(41(2)35-33(32)34(37)38-20-39-35)11-10-24-25-18-43(19-26(24)25)31(44)8-5-14-42-15-13-23(36)17-42/h4-9,12,16,20,23-26H,13-15,17-19H2,1-3H3,(H2,37,38,39)/b8-5+/t23?,24?,25-,26+. The van der Waals surface area contributed by atoms with Gasteiger partial charge in [0.15, 0.2) is 11.5 Å². The minimum atomic E-state index is -0.756. The monoisotopic (exact) mass is 621 g/mol. The highest BCUT2D eigenvalue weighted by atomic mass is 19.1. The van der Waals surface area contributed by atoms with Crippen LogP contribution >= 0.6 is 0 Å². The van der Waals surface area contributed by atoms with Crippen molar-refractivity contribution in [2.24, 2.45) is 24.8 Å². The number of fused-ring (bicyclic) bond motifs is 2. The van der Waals surface area contributed by atoms with Crippen LogP contribution in [-0.4, -0.2) is 81.2 Å². The Morgan fingerprint density at radius 3 is 2.72 bits per heavy atom. The van der Waals surface area contributed by atoms with E-state index in [9.17, 15) is 9.18 Å². The fourth-order valence-corrected chi connectivity index (χ4v) is 6.73. The predicted molar refractivity (Wildman–Crippen MR) is 173 cm³/mol. The van der Waals surface area contributed by atoms with Gasteiger partial charge in [-0.1, -0.05) is 24.1 Å². The van der Waals surface area contributed by atoms with E-state index in [-0.39, 0.29) is 11.8 Å². The Bertz CT molecular complexity index is 1900. The van der Waals surface area contributed by atoms with Gasteiger partial charge in [-0.3, -0.25) is 9.69 Å². The van der Waals surface area contributed by atoms with Crippen molar-refractivity contribution >= 4 is 22.8 Å². The molecule has 4 atom stereocenters. The van der Waals surface area contributed by atoms with Crippen LogP contribution in [0, 0.1) is 36.5 Å². The smallest absolute Gasteiger partial charge is 0.246 e. The number of nitrogens with zero attached hydrogens (tertiary/aromatic N) is 6. The second-order valence-electron chi connectivity index (χ2n) is 12.2. The molecule has 1 amide bonds. The molecule has 5 heterocycles. The summed E-state index contributed by atoms with van der Waals surface area (Å²) in [5, 5.41) is 0.723. The third kappa shape index (κ3) is 5.65. The fraction of sp³-hybridized carbons (Fsp3) is 0.371. The number of hydrogen-bond acceptors (Lipinski definition) is 8. The Kier molecular flexibility index (Phi) is 7.82. The van der Waals surface area contributed by atoms with Crippen molar-refractivity contribution in [3.8, 4) is 40.3 Å². The molecule has 236 valence electrons. The molecule has 1 aliphatic carbocycles. The zero-order chi connectivity index (χ0) is 31.9. The molecular weight excluding hydrogens is 585 g/mol. The number of benzene rings is 1. The maximum absolute atomic E-state index is 13.4. The van der Waals surface area contributed by atoms with Gasteiger partial charge in [-0.25, -0.2) is 19.3 Å². The number of anilines is 1. The maximum atomic E-state index is 13.4. The van der Waals surface area contributed by atoms with Crippen LogP contribution in [0.5, 0.6) is 17.4 Å². The molecule has 0 spiro atoms. The Hall–Kier alpha value is -4.95. The quantitative estimate of drug-likeness (QED) is 0.239. The summed E-state index contributed by atoms with van der Waals surface area (Å²) in [5.41, 5.74) is 10.4. The number of likely N-dealkylation sites (tertiary alicyclic amines) is 2. The van der Waals surface area contributed by atoms with Gasteiger partial charge < -0.3 is 24.7 Å². The summed E-state index contributed by atoms with van der Waals surface area (Å²) in [7, 11) is 3.53. The molecule has 4 aromatic rings. The number of alkyl halides is 1. The lowest BCUT2D eigenvalue weighted by molar-refractivity contribution is -0.125. The van der Waals surface area contributed by atoms with E-state index >= 15 is 0 Å². The van der Waals surface area contributed by atoms with E-state index in [4.69, 9.17) is 15.2 Å². The molecule has 46 heavy (non-hydrogen) atoms. The van der Waals surface area contributed by atoms with Crippen LogP contribution in [0.15, 0.2) is 54.9 Å². The molecule has 2 aliphatic heterocycles. The van der Waals surface area contributed by atoms with Gasteiger partial charge in [0, 0.05) is 69.1 Å². The van der Waals surface area contributed by atoms with Gasteiger partial charge in [0.25, 0.3) is 0 Å². The lowest BCUT2D eigenvalue weighted by Gasteiger charge is -2.17. The summed E-state index contributed by atoms with van der Waals surface area (Å²) in [6.07, 6.45) is 4.76. The second-order valence-corrected chi connectivity index (χ2v) is 12.2. The van der Waals surface area contributed by atoms with E-state index in [0.29, 0.717) is 73.3 Å². The van der Waals surface area contributed by atoms with Gasteiger partial charge in [0.05, 0.1) is 12.5 Å². The number of amides is 1. The number of methoxy groups -OCH3 is 1. The summed E-state index contributed by atoms with van der Waals surface area (Å²) in [5.74, 6) is 9.80. The van der Waals surface area contributed by atoms with Crippen molar-refractivity contribution in [3.05, 3.63) is 66.3 Å². The van der Waals surface area contributed by atoms with Crippen molar-refractivity contribution in [2.75, 3.05) is 45.6 Å². The SMILES string of the molecule is COc1cc(-c2c(C#CC3[C@H]4CN(C(=O)/C=C/CN5CCC(F)C5)C[C@@H]34)n(C)c3ncnc(N)c23)ccc1Oc1cccc(C)n1. The number of aromatic nitrogens is 4. The van der Waals surface area contributed by atoms with Crippen LogP contribution in [0.1, 0.15) is 17.8 Å². The van der Waals surface area contributed by atoms with Crippen LogP contribution in [-0.2, 0) is 11.8 Å². The molecule has 7 rings (SSSR count). The first-order valence-electron chi connectivity index (χ1n) is 15.5. The van der Waals surface area contributed by atoms with E-state index in [1.807, 2.05) is 64.7 Å². The molecule has 2 saturated heterocycles. The normalized spacial score (nSPS) is 22.2. The molecule has 10 nitrogen and oxygen atoms in total. The van der Waals surface area contributed by atoms with E-state index in [1.165, 1.54) is 6.33 Å². The minimum Gasteiger partial charge on any atom is -0.493 e. The number of nitrogens with two attached hydrogens (primary N) is 1. The number of rotatable bonds is 7. The number of carbonyl (C=O) groups excluding carboxylic acids is 1. The first-order valence-corrected chi connectivity index (χ1v) is 15.5. The van der Waals surface area contributed by atoms with Crippen LogP contribution in [0.4, 0.5) is 10.2 Å². The molecule has 1 saturated carbocycles. The Morgan fingerprint density at radius 2 is 1.98 bits per heavy atom. The van der Waals surface area contributed by atoms with Gasteiger partial charge in [0.2, 0.25) is 11.8 Å². The van der Waals surface area contributed by atoms with E-state index in [0.717, 1.165) is 34.4 Å². The lowest BCUT2D eigenvalue weighted by atomic mass is 10.0. The highest BCUT2D eigenvalue weighted by Gasteiger charge is 2.55. The summed E-state index contributed by atoms with van der Waals surface area (Å²) < 4.78 is 27.1. The number of piperidine rings is 1. The van der Waals surface area contributed by atoms with Gasteiger partial charge in [-0.05, 0) is 54.9 Å². The third-order valence-electron chi connectivity index (χ3n) is 9.23. The molecule has 2 N–H and O–H groups in total. The van der Waals surface area contributed by atoms with Gasteiger partial charge in [0.1, 0.15) is 29.7 Å². The first kappa shape index (κ1) is 29.7. The molecule has 2 unspecified atom stereocenters. The molecule has 3 aliphatic rings. The van der Waals surface area contributed by atoms with E-state index < -0.39 is 6.17 Å². The molecule has 0 radical (unpaired) electrons. The average Bonchev–Trinajstić information content (AvgIpc) is 3.37. The van der Waals surface area contributed by atoms with Gasteiger partial charge >= 0.3 is 0 Å². The average molecular weight is 622 g/mol. The zero-order valence-electron chi connectivity index (χ0n) is 26.1. The highest BCUT2D eigenvalue weighted by Crippen LogP contribution is 2.51. The van der Waals surface area contributed by atoms with Gasteiger partial charge in [-0.2, -0.15) is 0 Å². The lowest BCUT2D eigenvalue weighted by Crippen LogP contribution is -2.30. The Morgan fingerprint density at radius 1 is 1.15 bits per heavy atom. The predicted octanol–water partition coefficient (Wildman–Crippen LogP) is 4.38. The highest BCUT2D eigenvalue weighted by molar-refractivity contribution is 6.03. The maximum Gasteiger partial charge on any atom is 0.246 e. The summed E-state index contributed by atoms with van der Waals surface area (Å²) in [6.45, 7) is 5.09. The second kappa shape index (κ2) is 12.1. The van der Waals surface area contributed by atoms with Crippen molar-refractivity contribution < 1.29 is 18.7 Å². The van der Waals surface area contributed by atoms with Crippen molar-refractivity contribution in [1.82, 2.24) is 29.3 Å². The van der Waals surface area contributed by atoms with Crippen LogP contribution in [0.2, 0.25) is 0 Å². The van der Waals surface area contributed by atoms with Crippen molar-refractivity contribution in [1.29, 1.82) is 0 Å². The number of hydrogen-bond donors (Lipinski definition) is 1. The summed E-state index contributed by atoms with van der Waals surface area (Å²) in [4.78, 5) is 29.9. The molecular formula is C35H36FN7O3. The number of pyridine rings is 1. The van der Waals surface area contributed by atoms with Crippen LogP contribution in [0.3, 0.4) is 0 Å². The number of ether oxygens (including phenoxy) is 2. The number of nitrogen functional groups attached to an aromatic ring is 1. The molecule has 3 fully saturated rings. The molecule has 1 aromatic carbocycles. The van der Waals surface area contributed by atoms with Crippen molar-refractivity contribution in [2.45, 2.75) is 19.5 Å². The molecule has 11 heteroatoms. The number of halogens is 1. The van der Waals surface area contributed by atoms with Crippen LogP contribution in [0.25, 0.3) is 22.2 Å². The van der Waals surface area contributed by atoms with E-state index in [1.54, 1.807) is 19.3 Å². The zero-order valence-corrected chi connectivity index (χ0v) is 26.1. The third-order valence-corrected chi connectivity index (χ3v) is 9.23. The van der Waals surface area contributed by atoms with E-state index in [2.05, 4.69) is 26.8 Å². The minimum absolute atomic E-state index is 0.0134. The summed E-state index contributed by atoms with van der Waals surface area (Å²) in [6, 6.07) is 11.3. The summed E-state index contributed by atoms with van der Waals surface area (Å²) >= 11 is 0. The largest absolute Gasteiger partial charge is 0.493 e. The van der Waals surface area contributed by atoms with Gasteiger partial charge in [-0.15, -0.1) is 0 Å². The topological polar surface area (TPSA) is 112 Å². The van der Waals surface area contributed by atoms with Crippen LogP contribution < -0.4 is 15.2 Å². The molecule has 0 bridgehead atoms. The Balaban J connectivity index is 1.11. The number of aryl methyl sites for hydroxylation is 2. The Labute approximate surface area is 267 Å². The first-order chi connectivity index (χ1) is 22.3. The fourth-order valence-electron chi connectivity index (χ4n) is 6.73. The molecule has 3 aromatic heterocycles. The number of carbonyl (C=O) groups is 1.